The number of carbonyl (C=O) groups excluding carboxylic acids is 2. The quantitative estimate of drug-likeness (QED) is 0.624. The second kappa shape index (κ2) is 9.65. The van der Waals surface area contributed by atoms with E-state index in [1.807, 2.05) is 0 Å². The largest absolute Gasteiger partial charge is 0.493 e. The second-order valence-corrected chi connectivity index (χ2v) is 5.64. The zero-order valence-electron chi connectivity index (χ0n) is 14.3. The van der Waals surface area contributed by atoms with Crippen molar-refractivity contribution in [3.05, 3.63) is 23.8 Å². The van der Waals surface area contributed by atoms with E-state index < -0.39 is 18.7 Å². The molecule has 1 rings (SSSR count). The van der Waals surface area contributed by atoms with Gasteiger partial charge in [0.15, 0.2) is 11.5 Å². The third kappa shape index (κ3) is 6.82. The molecule has 140 valence electrons. The topological polar surface area (TPSA) is 103 Å². The Morgan fingerprint density at radius 3 is 2.44 bits per heavy atom. The molecule has 0 saturated heterocycles. The maximum absolute atomic E-state index is 12.3. The first-order valence-electron chi connectivity index (χ1n) is 7.70. The molecule has 0 bridgehead atoms. The van der Waals surface area contributed by atoms with Crippen LogP contribution in [-0.4, -0.2) is 38.2 Å². The number of carbonyl (C=O) groups is 2. The maximum atomic E-state index is 12.3. The molecule has 4 N–H and O–H groups in total. The molecule has 0 aliphatic heterocycles. The van der Waals surface area contributed by atoms with E-state index in [1.54, 1.807) is 26.0 Å². The molecule has 0 radical (unpaired) electrons. The van der Waals surface area contributed by atoms with Gasteiger partial charge in [-0.3, -0.25) is 4.79 Å². The number of urea groups is 1. The molecule has 0 saturated carbocycles. The van der Waals surface area contributed by atoms with Crippen molar-refractivity contribution in [3.8, 4) is 11.5 Å². The Labute approximate surface area is 144 Å². The number of nitrogens with two attached hydrogens (primary N) is 1. The lowest BCUT2D eigenvalue weighted by Crippen LogP contribution is -2.51. The molecule has 9 heteroatoms. The predicted octanol–water partition coefficient (Wildman–Crippen LogP) is 1.65. The van der Waals surface area contributed by atoms with E-state index in [1.165, 1.54) is 13.2 Å². The molecule has 1 aromatic rings. The van der Waals surface area contributed by atoms with Crippen LogP contribution in [0, 0.1) is 5.92 Å². The van der Waals surface area contributed by atoms with Crippen LogP contribution in [0.15, 0.2) is 18.2 Å². The number of rotatable bonds is 9. The highest BCUT2D eigenvalue weighted by Gasteiger charge is 2.22. The lowest BCUT2D eigenvalue weighted by molar-refractivity contribution is -0.123. The average Bonchev–Trinajstić information content (AvgIpc) is 2.52. The summed E-state index contributed by atoms with van der Waals surface area (Å²) in [5.41, 5.74) is 5.83. The summed E-state index contributed by atoms with van der Waals surface area (Å²) >= 11 is 0. The second-order valence-electron chi connectivity index (χ2n) is 5.64. The first-order valence-corrected chi connectivity index (χ1v) is 7.70. The Morgan fingerprint density at radius 2 is 1.92 bits per heavy atom. The Kier molecular flexibility index (Phi) is 7.90. The summed E-state index contributed by atoms with van der Waals surface area (Å²) in [5.74, 6) is -0.354. The Hall–Kier alpha value is -2.58. The van der Waals surface area contributed by atoms with Crippen molar-refractivity contribution < 1.29 is 27.8 Å². The third-order valence-electron chi connectivity index (χ3n) is 3.40. The summed E-state index contributed by atoms with van der Waals surface area (Å²) in [7, 11) is 1.35. The van der Waals surface area contributed by atoms with E-state index in [4.69, 9.17) is 10.5 Å². The molecular formula is C16H23F2N3O4. The van der Waals surface area contributed by atoms with Crippen molar-refractivity contribution >= 4 is 11.9 Å². The minimum absolute atomic E-state index is 0.0594. The van der Waals surface area contributed by atoms with Crippen LogP contribution < -0.4 is 25.8 Å². The fourth-order valence-corrected chi connectivity index (χ4v) is 2.19. The summed E-state index contributed by atoms with van der Waals surface area (Å²) in [6, 6.07) is 3.05. The molecule has 0 fully saturated rings. The fraction of sp³-hybridized carbons (Fsp3) is 0.500. The number of alkyl halides is 2. The van der Waals surface area contributed by atoms with E-state index in [-0.39, 0.29) is 23.3 Å². The molecule has 25 heavy (non-hydrogen) atoms. The summed E-state index contributed by atoms with van der Waals surface area (Å²) in [6.45, 7) is 0.921. The molecule has 0 heterocycles. The van der Waals surface area contributed by atoms with Crippen molar-refractivity contribution in [1.82, 2.24) is 10.6 Å². The summed E-state index contributed by atoms with van der Waals surface area (Å²) in [4.78, 5) is 23.0. The van der Waals surface area contributed by atoms with Gasteiger partial charge < -0.3 is 25.8 Å². The van der Waals surface area contributed by atoms with Gasteiger partial charge in [-0.15, -0.1) is 0 Å². The number of hydrogen-bond acceptors (Lipinski definition) is 4. The molecule has 0 unspecified atom stereocenters. The lowest BCUT2D eigenvalue weighted by atomic mass is 10.0. The smallest absolute Gasteiger partial charge is 0.387 e. The van der Waals surface area contributed by atoms with E-state index in [9.17, 15) is 18.4 Å². The molecule has 0 spiro atoms. The van der Waals surface area contributed by atoms with Crippen LogP contribution in [0.4, 0.5) is 13.6 Å². The van der Waals surface area contributed by atoms with Crippen molar-refractivity contribution in [1.29, 1.82) is 0 Å². The van der Waals surface area contributed by atoms with Crippen LogP contribution in [0.1, 0.15) is 19.4 Å². The maximum Gasteiger partial charge on any atom is 0.387 e. The van der Waals surface area contributed by atoms with Crippen LogP contribution in [-0.2, 0) is 11.2 Å². The molecular weight excluding hydrogens is 336 g/mol. The zero-order chi connectivity index (χ0) is 19.0. The molecule has 0 aromatic heterocycles. The lowest BCUT2D eigenvalue weighted by Gasteiger charge is -2.20. The van der Waals surface area contributed by atoms with E-state index in [0.717, 1.165) is 5.56 Å². The zero-order valence-corrected chi connectivity index (χ0v) is 14.3. The standard InChI is InChI=1S/C16H23F2N3O4/c1-9(2)13(21-16(19)23)14(22)20-7-6-10-4-5-11(25-15(17)18)12(8-10)24-3/h4-5,8-9,13,15H,6-7H2,1-3H3,(H,20,22)(H3,19,21,23)/t13-/m0/s1. The van der Waals surface area contributed by atoms with Gasteiger partial charge in [0.1, 0.15) is 6.04 Å². The van der Waals surface area contributed by atoms with Gasteiger partial charge in [0.05, 0.1) is 7.11 Å². The minimum atomic E-state index is -2.94. The van der Waals surface area contributed by atoms with Crippen molar-refractivity contribution in [2.75, 3.05) is 13.7 Å². The average molecular weight is 359 g/mol. The van der Waals surface area contributed by atoms with E-state index >= 15 is 0 Å². The van der Waals surface area contributed by atoms with Crippen LogP contribution in [0.2, 0.25) is 0 Å². The first kappa shape index (κ1) is 20.5. The molecule has 3 amide bonds. The highest BCUT2D eigenvalue weighted by molar-refractivity contribution is 5.86. The molecule has 0 aliphatic rings. The highest BCUT2D eigenvalue weighted by atomic mass is 19.3. The molecule has 0 aliphatic carbocycles. The van der Waals surface area contributed by atoms with Gasteiger partial charge >= 0.3 is 12.6 Å². The van der Waals surface area contributed by atoms with E-state index in [2.05, 4.69) is 15.4 Å². The highest BCUT2D eigenvalue weighted by Crippen LogP contribution is 2.29. The number of primary amides is 1. The van der Waals surface area contributed by atoms with Gasteiger partial charge in [-0.25, -0.2) is 4.79 Å². The number of hydrogen-bond donors (Lipinski definition) is 3. The Balaban J connectivity index is 2.63. The van der Waals surface area contributed by atoms with Gasteiger partial charge in [-0.2, -0.15) is 8.78 Å². The minimum Gasteiger partial charge on any atom is -0.493 e. The van der Waals surface area contributed by atoms with Gasteiger partial charge in [0.25, 0.3) is 0 Å². The van der Waals surface area contributed by atoms with E-state index in [0.29, 0.717) is 13.0 Å². The van der Waals surface area contributed by atoms with Crippen LogP contribution in [0.5, 0.6) is 11.5 Å². The van der Waals surface area contributed by atoms with Crippen molar-refractivity contribution in [2.24, 2.45) is 11.7 Å². The van der Waals surface area contributed by atoms with Crippen molar-refractivity contribution in [3.63, 3.8) is 0 Å². The summed E-state index contributed by atoms with van der Waals surface area (Å²) in [6.07, 6.45) is 0.443. The number of nitrogens with one attached hydrogen (secondary N) is 2. The van der Waals surface area contributed by atoms with Crippen LogP contribution in [0.3, 0.4) is 0 Å². The Bertz CT molecular complexity index is 597. The van der Waals surface area contributed by atoms with Gasteiger partial charge in [-0.05, 0) is 30.0 Å². The fourth-order valence-electron chi connectivity index (χ4n) is 2.19. The van der Waals surface area contributed by atoms with Gasteiger partial charge in [0, 0.05) is 6.54 Å². The number of amides is 3. The van der Waals surface area contributed by atoms with Crippen LogP contribution >= 0.6 is 0 Å². The monoisotopic (exact) mass is 359 g/mol. The van der Waals surface area contributed by atoms with Gasteiger partial charge in [0.2, 0.25) is 5.91 Å². The first-order chi connectivity index (χ1) is 11.7. The van der Waals surface area contributed by atoms with Crippen molar-refractivity contribution in [2.45, 2.75) is 32.9 Å². The number of ether oxygens (including phenoxy) is 2. The molecule has 7 nitrogen and oxygen atoms in total. The predicted molar refractivity (Wildman–Crippen MR) is 87.7 cm³/mol. The van der Waals surface area contributed by atoms with Gasteiger partial charge in [-0.1, -0.05) is 19.9 Å². The summed E-state index contributed by atoms with van der Waals surface area (Å²) in [5, 5.41) is 5.09. The molecule has 1 atom stereocenters. The third-order valence-corrected chi connectivity index (χ3v) is 3.40. The molecule has 1 aromatic carbocycles. The number of methoxy groups -OCH3 is 1. The summed E-state index contributed by atoms with van der Waals surface area (Å²) < 4.78 is 34.0. The Morgan fingerprint density at radius 1 is 1.24 bits per heavy atom. The normalized spacial score (nSPS) is 12.0. The number of halogens is 2. The van der Waals surface area contributed by atoms with Crippen LogP contribution in [0.25, 0.3) is 0 Å². The SMILES string of the molecule is COc1cc(CCNC(=O)[C@@H](NC(N)=O)C(C)C)ccc1OC(F)F. The number of benzene rings is 1.